The number of fused-ring (bicyclic) bond motifs is 2. The number of rotatable bonds is 4. The van der Waals surface area contributed by atoms with E-state index in [9.17, 15) is 4.79 Å². The number of nitrogens with one attached hydrogen (secondary N) is 2. The van der Waals surface area contributed by atoms with Crippen LogP contribution in [0.2, 0.25) is 0 Å². The smallest absolute Gasteiger partial charge is 0.276 e. The average molecular weight is 471 g/mol. The van der Waals surface area contributed by atoms with E-state index in [2.05, 4.69) is 65.6 Å². The summed E-state index contributed by atoms with van der Waals surface area (Å²) in [5.41, 5.74) is 7.29. The zero-order chi connectivity index (χ0) is 24.9. The third-order valence-corrected chi connectivity index (χ3v) is 6.76. The van der Waals surface area contributed by atoms with Gasteiger partial charge in [-0.15, -0.1) is 0 Å². The Bertz CT molecular complexity index is 1470. The Morgan fingerprint density at radius 1 is 1.09 bits per heavy atom. The molecule has 182 valence electrons. The van der Waals surface area contributed by atoms with Crippen molar-refractivity contribution in [1.29, 1.82) is 0 Å². The first-order chi connectivity index (χ1) is 16.6. The zero-order valence-electron chi connectivity index (χ0n) is 21.4. The number of anilines is 2. The fourth-order valence-corrected chi connectivity index (χ4v) is 4.85. The first kappa shape index (κ1) is 23.3. The molecule has 4 heterocycles. The molecular weight excluding hydrogens is 436 g/mol. The second-order valence-corrected chi connectivity index (χ2v) is 10.7. The Balaban J connectivity index is 1.68. The lowest BCUT2D eigenvalue weighted by molar-refractivity contribution is 0.476. The minimum Gasteiger partial charge on any atom is -0.340 e. The molecule has 0 aliphatic carbocycles. The van der Waals surface area contributed by atoms with E-state index in [0.29, 0.717) is 5.39 Å². The third-order valence-electron chi connectivity index (χ3n) is 6.76. The van der Waals surface area contributed by atoms with E-state index in [1.165, 1.54) is 11.1 Å². The van der Waals surface area contributed by atoms with Crippen LogP contribution in [0.4, 0.5) is 11.5 Å². The number of pyridine rings is 2. The second kappa shape index (κ2) is 8.64. The van der Waals surface area contributed by atoms with Crippen molar-refractivity contribution in [3.05, 3.63) is 75.5 Å². The molecule has 0 radical (unpaired) electrons. The molecule has 4 aromatic rings. The molecule has 1 aliphatic rings. The van der Waals surface area contributed by atoms with Crippen LogP contribution in [-0.2, 0) is 18.4 Å². The van der Waals surface area contributed by atoms with E-state index in [1.54, 1.807) is 6.20 Å². The van der Waals surface area contributed by atoms with Crippen LogP contribution in [0.3, 0.4) is 0 Å². The summed E-state index contributed by atoms with van der Waals surface area (Å²) in [5, 5.41) is 7.56. The average Bonchev–Trinajstić information content (AvgIpc) is 3.13. The van der Waals surface area contributed by atoms with E-state index in [4.69, 9.17) is 0 Å². The van der Waals surface area contributed by atoms with E-state index >= 15 is 0 Å². The fourth-order valence-electron chi connectivity index (χ4n) is 4.85. The van der Waals surface area contributed by atoms with Crippen molar-refractivity contribution >= 4 is 22.4 Å². The van der Waals surface area contributed by atoms with Gasteiger partial charge in [-0.3, -0.25) is 9.78 Å². The van der Waals surface area contributed by atoms with Crippen molar-refractivity contribution in [2.24, 2.45) is 0 Å². The van der Waals surface area contributed by atoms with Crippen LogP contribution in [0.25, 0.3) is 16.6 Å². The van der Waals surface area contributed by atoms with Gasteiger partial charge in [0.1, 0.15) is 5.82 Å². The maximum atomic E-state index is 13.5. The van der Waals surface area contributed by atoms with E-state index in [1.807, 2.05) is 42.4 Å². The number of hydrogen-bond donors (Lipinski definition) is 2. The molecule has 0 fully saturated rings. The minimum atomic E-state index is -0.104. The normalized spacial score (nSPS) is 13.9. The van der Waals surface area contributed by atoms with E-state index < -0.39 is 0 Å². The molecule has 0 saturated heterocycles. The molecule has 2 N–H and O–H groups in total. The summed E-state index contributed by atoms with van der Waals surface area (Å²) in [6.45, 7) is 14.5. The molecule has 0 bridgehead atoms. The van der Waals surface area contributed by atoms with Gasteiger partial charge in [0.15, 0.2) is 0 Å². The largest absolute Gasteiger partial charge is 0.340 e. The summed E-state index contributed by atoms with van der Waals surface area (Å²) in [5.74, 6) is 0.756. The maximum absolute atomic E-state index is 13.5. The molecule has 1 aromatic carbocycles. The van der Waals surface area contributed by atoms with Gasteiger partial charge in [0.2, 0.25) is 0 Å². The second-order valence-electron chi connectivity index (χ2n) is 10.7. The van der Waals surface area contributed by atoms with Crippen LogP contribution in [0.5, 0.6) is 0 Å². The van der Waals surface area contributed by atoms with Gasteiger partial charge < -0.3 is 10.6 Å². The van der Waals surface area contributed by atoms with Crippen LogP contribution >= 0.6 is 0 Å². The summed E-state index contributed by atoms with van der Waals surface area (Å²) >= 11 is 0. The lowest BCUT2D eigenvalue weighted by Gasteiger charge is -2.21. The first-order valence-corrected chi connectivity index (χ1v) is 12.3. The molecular formula is C28H34N6O. The molecule has 0 unspecified atom stereocenters. The molecule has 0 atom stereocenters. The Hall–Kier alpha value is -3.45. The predicted octanol–water partition coefficient (Wildman–Crippen LogP) is 5.16. The highest BCUT2D eigenvalue weighted by Gasteiger charge is 2.23. The first-order valence-electron chi connectivity index (χ1n) is 12.3. The van der Waals surface area contributed by atoms with Gasteiger partial charge in [0.25, 0.3) is 5.56 Å². The Morgan fingerprint density at radius 2 is 1.89 bits per heavy atom. The molecule has 7 heteroatoms. The van der Waals surface area contributed by atoms with Gasteiger partial charge in [0.05, 0.1) is 16.6 Å². The molecule has 1 aliphatic heterocycles. The highest BCUT2D eigenvalue weighted by molar-refractivity contribution is 5.87. The molecule has 7 nitrogen and oxygen atoms in total. The van der Waals surface area contributed by atoms with Gasteiger partial charge >= 0.3 is 0 Å². The van der Waals surface area contributed by atoms with Crippen LogP contribution < -0.4 is 16.2 Å². The van der Waals surface area contributed by atoms with Crippen LogP contribution in [0.15, 0.2) is 47.5 Å². The number of hydrogen-bond acceptors (Lipinski definition) is 5. The Morgan fingerprint density at radius 3 is 2.63 bits per heavy atom. The van der Waals surface area contributed by atoms with E-state index in [0.717, 1.165) is 53.5 Å². The van der Waals surface area contributed by atoms with Crippen LogP contribution in [-0.4, -0.2) is 25.9 Å². The van der Waals surface area contributed by atoms with Gasteiger partial charge in [0, 0.05) is 47.3 Å². The molecule has 35 heavy (non-hydrogen) atoms. The van der Waals surface area contributed by atoms with Crippen molar-refractivity contribution < 1.29 is 0 Å². The summed E-state index contributed by atoms with van der Waals surface area (Å²) in [4.78, 5) is 22.8. The molecule has 5 rings (SSSR count). The lowest BCUT2D eigenvalue weighted by Crippen LogP contribution is -2.24. The standard InChI is InChI=1S/C28H34N6O/c1-17(2)33-27(35)23-16-31-26(32-21-8-7-20-15-29-11-9-19(20)13-21)18(3)25(23)34(33)22-10-12-30-24(14-22)28(4,5)6/h7-8,10,12-14,16-17,29H,9,11,15H2,1-6H3,(H,31,32). The lowest BCUT2D eigenvalue weighted by atomic mass is 9.91. The van der Waals surface area contributed by atoms with Crippen LogP contribution in [0, 0.1) is 6.92 Å². The molecule has 0 saturated carbocycles. The maximum Gasteiger partial charge on any atom is 0.276 e. The minimum absolute atomic E-state index is 0.0220. The third kappa shape index (κ3) is 4.14. The monoisotopic (exact) mass is 470 g/mol. The summed E-state index contributed by atoms with van der Waals surface area (Å²) < 4.78 is 3.86. The van der Waals surface area contributed by atoms with Crippen molar-refractivity contribution in [3.8, 4) is 5.69 Å². The SMILES string of the molecule is Cc1c(Nc2ccc3c(c2)CCNC3)ncc2c(=O)n(C(C)C)n(-c3ccnc(C(C)(C)C)c3)c12. The topological polar surface area (TPSA) is 76.8 Å². The van der Waals surface area contributed by atoms with Gasteiger partial charge in [-0.25, -0.2) is 14.3 Å². The zero-order valence-corrected chi connectivity index (χ0v) is 21.4. The van der Waals surface area contributed by atoms with Crippen LogP contribution in [0.1, 0.15) is 63.0 Å². The highest BCUT2D eigenvalue weighted by Crippen LogP contribution is 2.30. The molecule has 0 spiro atoms. The Kier molecular flexibility index (Phi) is 5.75. The van der Waals surface area contributed by atoms with Crippen molar-refractivity contribution in [1.82, 2.24) is 24.6 Å². The quantitative estimate of drug-likeness (QED) is 0.431. The van der Waals surface area contributed by atoms with Gasteiger partial charge in [-0.2, -0.15) is 0 Å². The number of benzene rings is 1. The summed E-state index contributed by atoms with van der Waals surface area (Å²) in [6, 6.07) is 10.5. The Labute approximate surface area is 206 Å². The number of nitrogens with zero attached hydrogens (tertiary/aromatic N) is 4. The van der Waals surface area contributed by atoms with E-state index in [-0.39, 0.29) is 17.0 Å². The fraction of sp³-hybridized carbons (Fsp3) is 0.393. The van der Waals surface area contributed by atoms with Gasteiger partial charge in [-0.1, -0.05) is 26.8 Å². The highest BCUT2D eigenvalue weighted by atomic mass is 16.1. The van der Waals surface area contributed by atoms with Crippen molar-refractivity contribution in [3.63, 3.8) is 0 Å². The van der Waals surface area contributed by atoms with Gasteiger partial charge in [-0.05, 0) is 69.1 Å². The summed E-state index contributed by atoms with van der Waals surface area (Å²) in [7, 11) is 0. The predicted molar refractivity (Wildman–Crippen MR) is 142 cm³/mol. The molecule has 0 amide bonds. The van der Waals surface area contributed by atoms with Crippen molar-refractivity contribution in [2.45, 2.75) is 66.0 Å². The summed E-state index contributed by atoms with van der Waals surface area (Å²) in [6.07, 6.45) is 4.55. The number of aryl methyl sites for hydroxylation is 1. The van der Waals surface area contributed by atoms with Crippen molar-refractivity contribution in [2.75, 3.05) is 11.9 Å². The number of aromatic nitrogens is 4. The molecule has 3 aromatic heterocycles.